The Morgan fingerprint density at radius 1 is 1.47 bits per heavy atom. The monoisotopic (exact) mass is 255 g/mol. The first-order chi connectivity index (χ1) is 9.20. The summed E-state index contributed by atoms with van der Waals surface area (Å²) in [5.74, 6) is 1.38. The molecule has 0 saturated carbocycles. The highest BCUT2D eigenvalue weighted by Gasteiger charge is 2.31. The Bertz CT molecular complexity index is 644. The molecular weight excluding hydrogens is 238 g/mol. The van der Waals surface area contributed by atoms with Gasteiger partial charge in [0.15, 0.2) is 0 Å². The summed E-state index contributed by atoms with van der Waals surface area (Å²) in [6.07, 6.45) is 2.43. The molecule has 1 amide bonds. The van der Waals surface area contributed by atoms with Gasteiger partial charge in [0.05, 0.1) is 11.0 Å². The number of carbonyl (C=O) groups is 1. The van der Waals surface area contributed by atoms with Gasteiger partial charge >= 0.3 is 0 Å². The Labute approximate surface area is 112 Å². The van der Waals surface area contributed by atoms with Crippen LogP contribution in [0.1, 0.15) is 18.2 Å². The number of nitrogens with zero attached hydrogens (tertiary/aromatic N) is 3. The van der Waals surface area contributed by atoms with Crippen LogP contribution < -0.4 is 0 Å². The van der Waals surface area contributed by atoms with Crippen LogP contribution in [0.15, 0.2) is 36.9 Å². The second-order valence-corrected chi connectivity index (χ2v) is 5.03. The maximum absolute atomic E-state index is 11.7. The molecule has 2 aromatic rings. The fraction of sp³-hybridized carbons (Fsp3) is 0.333. The highest BCUT2D eigenvalue weighted by molar-refractivity contribution is 5.80. The zero-order valence-electron chi connectivity index (χ0n) is 11.0. The van der Waals surface area contributed by atoms with Crippen molar-refractivity contribution in [3.63, 3.8) is 0 Å². The van der Waals surface area contributed by atoms with E-state index in [0.29, 0.717) is 6.42 Å². The fourth-order valence-electron chi connectivity index (χ4n) is 2.76. The number of hydrogen-bond donors (Lipinski definition) is 0. The van der Waals surface area contributed by atoms with E-state index >= 15 is 0 Å². The lowest BCUT2D eigenvalue weighted by molar-refractivity contribution is -0.126. The van der Waals surface area contributed by atoms with Gasteiger partial charge in [0.1, 0.15) is 5.82 Å². The van der Waals surface area contributed by atoms with Crippen molar-refractivity contribution in [3.05, 3.63) is 42.7 Å². The van der Waals surface area contributed by atoms with E-state index in [-0.39, 0.29) is 11.8 Å². The van der Waals surface area contributed by atoms with Gasteiger partial charge in [-0.3, -0.25) is 4.79 Å². The summed E-state index contributed by atoms with van der Waals surface area (Å²) in [7, 11) is 1.85. The molecule has 1 aliphatic heterocycles. The van der Waals surface area contributed by atoms with Crippen molar-refractivity contribution >= 4 is 16.9 Å². The van der Waals surface area contributed by atoms with E-state index in [9.17, 15) is 4.79 Å². The van der Waals surface area contributed by atoms with Crippen LogP contribution in [0.4, 0.5) is 0 Å². The van der Waals surface area contributed by atoms with Gasteiger partial charge in [-0.1, -0.05) is 18.2 Å². The first-order valence-corrected chi connectivity index (χ1v) is 6.50. The molecule has 4 nitrogen and oxygen atoms in total. The van der Waals surface area contributed by atoms with Gasteiger partial charge in [0, 0.05) is 32.5 Å². The van der Waals surface area contributed by atoms with Crippen molar-refractivity contribution in [2.75, 3.05) is 13.6 Å². The predicted octanol–water partition coefficient (Wildman–Crippen LogP) is 2.17. The van der Waals surface area contributed by atoms with E-state index in [0.717, 1.165) is 29.9 Å². The number of likely N-dealkylation sites (N-methyl/N-ethyl adjacent to an activating group) is 1. The van der Waals surface area contributed by atoms with Crippen molar-refractivity contribution in [1.29, 1.82) is 0 Å². The average molecular weight is 255 g/mol. The van der Waals surface area contributed by atoms with E-state index in [1.54, 1.807) is 4.90 Å². The summed E-state index contributed by atoms with van der Waals surface area (Å²) in [6, 6.07) is 8.08. The van der Waals surface area contributed by atoms with Crippen LogP contribution >= 0.6 is 0 Å². The van der Waals surface area contributed by atoms with Crippen LogP contribution in [0.25, 0.3) is 11.0 Å². The van der Waals surface area contributed by atoms with Gasteiger partial charge in [-0.25, -0.2) is 4.98 Å². The fourth-order valence-corrected chi connectivity index (χ4v) is 2.76. The SMILES string of the molecule is C=CCn1c([C@@H]2CC(=O)N(C)C2)nc2ccccc21. The van der Waals surface area contributed by atoms with E-state index in [2.05, 4.69) is 17.2 Å². The van der Waals surface area contributed by atoms with Gasteiger partial charge in [-0.2, -0.15) is 0 Å². The van der Waals surface area contributed by atoms with Crippen LogP contribution in [0.3, 0.4) is 0 Å². The molecule has 3 rings (SSSR count). The Morgan fingerprint density at radius 2 is 2.26 bits per heavy atom. The molecule has 0 aliphatic carbocycles. The largest absolute Gasteiger partial charge is 0.345 e. The molecule has 2 heterocycles. The smallest absolute Gasteiger partial charge is 0.223 e. The zero-order chi connectivity index (χ0) is 13.4. The van der Waals surface area contributed by atoms with Crippen molar-refractivity contribution in [3.8, 4) is 0 Å². The van der Waals surface area contributed by atoms with E-state index in [1.807, 2.05) is 31.3 Å². The summed E-state index contributed by atoms with van der Waals surface area (Å²) in [5.41, 5.74) is 2.10. The number of carbonyl (C=O) groups excluding carboxylic acids is 1. The van der Waals surface area contributed by atoms with Crippen LogP contribution in [-0.4, -0.2) is 34.0 Å². The molecule has 0 unspecified atom stereocenters. The van der Waals surface area contributed by atoms with Crippen LogP contribution in [-0.2, 0) is 11.3 Å². The highest BCUT2D eigenvalue weighted by Crippen LogP contribution is 2.29. The lowest BCUT2D eigenvalue weighted by Gasteiger charge is -2.12. The third kappa shape index (κ3) is 1.93. The lowest BCUT2D eigenvalue weighted by atomic mass is 10.1. The maximum atomic E-state index is 11.7. The number of hydrogen-bond acceptors (Lipinski definition) is 2. The Hall–Kier alpha value is -2.10. The molecule has 1 aromatic carbocycles. The van der Waals surface area contributed by atoms with E-state index in [4.69, 9.17) is 4.98 Å². The predicted molar refractivity (Wildman–Crippen MR) is 74.9 cm³/mol. The first kappa shape index (κ1) is 12.0. The molecule has 0 radical (unpaired) electrons. The number of para-hydroxylation sites is 2. The second-order valence-electron chi connectivity index (χ2n) is 5.03. The number of imidazole rings is 1. The van der Waals surface area contributed by atoms with Gasteiger partial charge in [-0.15, -0.1) is 6.58 Å². The molecule has 19 heavy (non-hydrogen) atoms. The molecule has 0 bridgehead atoms. The normalized spacial score (nSPS) is 19.3. The third-order valence-electron chi connectivity index (χ3n) is 3.70. The van der Waals surface area contributed by atoms with Gasteiger partial charge in [0.2, 0.25) is 5.91 Å². The third-order valence-corrected chi connectivity index (χ3v) is 3.70. The summed E-state index contributed by atoms with van der Waals surface area (Å²) >= 11 is 0. The number of rotatable bonds is 3. The average Bonchev–Trinajstić information content (AvgIpc) is 2.92. The minimum atomic E-state index is 0.185. The van der Waals surface area contributed by atoms with Crippen LogP contribution in [0.2, 0.25) is 0 Å². The standard InChI is InChI=1S/C15H17N3O/c1-3-8-18-13-7-5-4-6-12(13)16-15(18)11-9-14(19)17(2)10-11/h3-7,11H,1,8-10H2,2H3/t11-/m1/s1. The second kappa shape index (κ2) is 4.53. The topological polar surface area (TPSA) is 38.1 Å². The van der Waals surface area contributed by atoms with E-state index in [1.165, 1.54) is 0 Å². The van der Waals surface area contributed by atoms with Gasteiger partial charge in [0.25, 0.3) is 0 Å². The maximum Gasteiger partial charge on any atom is 0.223 e. The van der Waals surface area contributed by atoms with Gasteiger partial charge in [-0.05, 0) is 12.1 Å². The number of fused-ring (bicyclic) bond motifs is 1. The number of amides is 1. The zero-order valence-corrected chi connectivity index (χ0v) is 11.0. The number of likely N-dealkylation sites (tertiary alicyclic amines) is 1. The van der Waals surface area contributed by atoms with E-state index < -0.39 is 0 Å². The van der Waals surface area contributed by atoms with Crippen LogP contribution in [0, 0.1) is 0 Å². The summed E-state index contributed by atoms with van der Waals surface area (Å²) in [6.45, 7) is 5.29. The minimum absolute atomic E-state index is 0.185. The highest BCUT2D eigenvalue weighted by atomic mass is 16.2. The Balaban J connectivity index is 2.09. The molecular formula is C15H17N3O. The number of benzene rings is 1. The molecule has 98 valence electrons. The molecule has 1 saturated heterocycles. The minimum Gasteiger partial charge on any atom is -0.345 e. The Morgan fingerprint density at radius 3 is 2.95 bits per heavy atom. The molecule has 1 aromatic heterocycles. The Kier molecular flexibility index (Phi) is 2.85. The van der Waals surface area contributed by atoms with Crippen molar-refractivity contribution in [1.82, 2.24) is 14.5 Å². The summed E-state index contributed by atoms with van der Waals surface area (Å²) < 4.78 is 2.17. The molecule has 4 heteroatoms. The number of aromatic nitrogens is 2. The first-order valence-electron chi connectivity index (χ1n) is 6.50. The van der Waals surface area contributed by atoms with Crippen molar-refractivity contribution in [2.45, 2.75) is 18.9 Å². The quantitative estimate of drug-likeness (QED) is 0.788. The summed E-state index contributed by atoms with van der Waals surface area (Å²) in [5, 5.41) is 0. The number of allylic oxidation sites excluding steroid dienone is 1. The molecule has 0 spiro atoms. The molecule has 1 atom stereocenters. The van der Waals surface area contributed by atoms with Crippen LogP contribution in [0.5, 0.6) is 0 Å². The molecule has 1 fully saturated rings. The van der Waals surface area contributed by atoms with Gasteiger partial charge < -0.3 is 9.47 Å². The molecule has 1 aliphatic rings. The summed E-state index contributed by atoms with van der Waals surface area (Å²) in [4.78, 5) is 18.2. The van der Waals surface area contributed by atoms with Crippen molar-refractivity contribution in [2.24, 2.45) is 0 Å². The lowest BCUT2D eigenvalue weighted by Crippen LogP contribution is -2.19. The van der Waals surface area contributed by atoms with Crippen molar-refractivity contribution < 1.29 is 4.79 Å². The molecule has 0 N–H and O–H groups in total.